The molecule has 0 bridgehead atoms. The van der Waals surface area contributed by atoms with E-state index in [2.05, 4.69) is 5.32 Å². The van der Waals surface area contributed by atoms with Crippen LogP contribution in [0.3, 0.4) is 0 Å². The minimum absolute atomic E-state index is 0.0190. The van der Waals surface area contributed by atoms with Gasteiger partial charge in [-0.25, -0.2) is 14.0 Å². The number of Topliss-reactive ketones (excluding diaryl/α,β-unsaturated/α-hetero) is 1. The molecule has 1 aromatic rings. The van der Waals surface area contributed by atoms with Crippen LogP contribution in [0.1, 0.15) is 64.2 Å². The number of hydrogen-bond donors (Lipinski definition) is 1. The van der Waals surface area contributed by atoms with Crippen molar-refractivity contribution in [2.75, 3.05) is 6.61 Å². The highest BCUT2D eigenvalue weighted by atomic mass is 19.1. The van der Waals surface area contributed by atoms with Crippen LogP contribution in [0.4, 0.5) is 9.18 Å². The molecule has 0 heterocycles. The zero-order valence-electron chi connectivity index (χ0n) is 17.2. The number of carbonyl (C=O) groups excluding carboxylic acids is 3. The zero-order chi connectivity index (χ0) is 21.4. The van der Waals surface area contributed by atoms with Crippen molar-refractivity contribution in [1.82, 2.24) is 5.32 Å². The van der Waals surface area contributed by atoms with E-state index in [0.717, 1.165) is 0 Å². The SMILES string of the molecule is CCCC[C@H](NC(=O)OC(C)(C)C)[C@@](F)(C(=O)OCC)C(=O)c1ccccc1. The largest absolute Gasteiger partial charge is 0.463 e. The average molecular weight is 395 g/mol. The summed E-state index contributed by atoms with van der Waals surface area (Å²) >= 11 is 0. The molecular weight excluding hydrogens is 365 g/mol. The molecule has 0 aliphatic rings. The predicted molar refractivity (Wildman–Crippen MR) is 104 cm³/mol. The smallest absolute Gasteiger partial charge is 0.408 e. The van der Waals surface area contributed by atoms with Gasteiger partial charge in [-0.3, -0.25) is 4.79 Å². The van der Waals surface area contributed by atoms with Crippen LogP contribution >= 0.6 is 0 Å². The summed E-state index contributed by atoms with van der Waals surface area (Å²) in [5.74, 6) is -2.37. The number of benzene rings is 1. The van der Waals surface area contributed by atoms with Crippen LogP contribution in [0.25, 0.3) is 0 Å². The lowest BCUT2D eigenvalue weighted by Crippen LogP contribution is -2.60. The second-order valence-electron chi connectivity index (χ2n) is 7.47. The van der Waals surface area contributed by atoms with Gasteiger partial charge in [-0.15, -0.1) is 0 Å². The van der Waals surface area contributed by atoms with Gasteiger partial charge in [0.05, 0.1) is 12.6 Å². The summed E-state index contributed by atoms with van der Waals surface area (Å²) in [5, 5.41) is 2.38. The fraction of sp³-hybridized carbons (Fsp3) is 0.571. The Kier molecular flexibility index (Phi) is 8.60. The topological polar surface area (TPSA) is 81.7 Å². The van der Waals surface area contributed by atoms with Gasteiger partial charge in [-0.2, -0.15) is 0 Å². The number of halogens is 1. The molecule has 28 heavy (non-hydrogen) atoms. The van der Waals surface area contributed by atoms with Crippen LogP contribution in [0.15, 0.2) is 30.3 Å². The van der Waals surface area contributed by atoms with Gasteiger partial charge in [0.1, 0.15) is 5.60 Å². The van der Waals surface area contributed by atoms with E-state index >= 15 is 4.39 Å². The van der Waals surface area contributed by atoms with E-state index in [1.54, 1.807) is 39.0 Å². The molecule has 0 aromatic heterocycles. The first-order valence-corrected chi connectivity index (χ1v) is 9.51. The van der Waals surface area contributed by atoms with E-state index in [-0.39, 0.29) is 18.6 Å². The first kappa shape index (κ1) is 23.6. The molecule has 156 valence electrons. The van der Waals surface area contributed by atoms with E-state index < -0.39 is 35.2 Å². The molecule has 0 aliphatic carbocycles. The van der Waals surface area contributed by atoms with E-state index in [4.69, 9.17) is 9.47 Å². The number of alkyl carbamates (subject to hydrolysis) is 1. The van der Waals surface area contributed by atoms with Gasteiger partial charge in [0, 0.05) is 5.56 Å². The zero-order valence-corrected chi connectivity index (χ0v) is 17.2. The number of ketones is 1. The molecule has 0 saturated carbocycles. The monoisotopic (exact) mass is 395 g/mol. The van der Waals surface area contributed by atoms with Crippen LogP contribution in [0.5, 0.6) is 0 Å². The second kappa shape index (κ2) is 10.2. The summed E-state index contributed by atoms with van der Waals surface area (Å²) in [7, 11) is 0. The molecule has 6 nitrogen and oxygen atoms in total. The first-order chi connectivity index (χ1) is 13.1. The van der Waals surface area contributed by atoms with Crippen LogP contribution in [-0.4, -0.2) is 41.8 Å². The number of alkyl halides is 1. The molecule has 0 aliphatic heterocycles. The molecule has 0 unspecified atom stereocenters. The molecule has 1 N–H and O–H groups in total. The number of esters is 1. The number of unbranched alkanes of at least 4 members (excludes halogenated alkanes) is 1. The third-order valence-corrected chi connectivity index (χ3v) is 3.96. The Morgan fingerprint density at radius 3 is 2.21 bits per heavy atom. The quantitative estimate of drug-likeness (QED) is 0.384. The molecule has 1 aromatic carbocycles. The molecule has 1 rings (SSSR count). The molecule has 0 spiro atoms. The van der Waals surface area contributed by atoms with Gasteiger partial charge in [-0.1, -0.05) is 50.1 Å². The first-order valence-electron chi connectivity index (χ1n) is 9.51. The Hall–Kier alpha value is -2.44. The molecule has 2 atom stereocenters. The number of carbonyl (C=O) groups is 3. The van der Waals surface area contributed by atoms with E-state index in [9.17, 15) is 14.4 Å². The van der Waals surface area contributed by atoms with Crippen molar-refractivity contribution in [1.29, 1.82) is 0 Å². The molecule has 0 fully saturated rings. The lowest BCUT2D eigenvalue weighted by atomic mass is 9.84. The number of hydrogen-bond acceptors (Lipinski definition) is 5. The van der Waals surface area contributed by atoms with E-state index in [0.29, 0.717) is 12.8 Å². The van der Waals surface area contributed by atoms with Crippen molar-refractivity contribution in [3.05, 3.63) is 35.9 Å². The summed E-state index contributed by atoms with van der Waals surface area (Å²) in [4.78, 5) is 37.8. The minimum Gasteiger partial charge on any atom is -0.463 e. The second-order valence-corrected chi connectivity index (χ2v) is 7.47. The number of nitrogens with one attached hydrogen (secondary N) is 1. The van der Waals surface area contributed by atoms with Gasteiger partial charge in [0.15, 0.2) is 0 Å². The lowest BCUT2D eigenvalue weighted by molar-refractivity contribution is -0.155. The third-order valence-electron chi connectivity index (χ3n) is 3.96. The van der Waals surface area contributed by atoms with Crippen molar-refractivity contribution < 1.29 is 28.2 Å². The fourth-order valence-electron chi connectivity index (χ4n) is 2.66. The molecular formula is C21H30FNO5. The Bertz CT molecular complexity index is 671. The lowest BCUT2D eigenvalue weighted by Gasteiger charge is -2.32. The van der Waals surface area contributed by atoms with Gasteiger partial charge >= 0.3 is 12.1 Å². The van der Waals surface area contributed by atoms with E-state index in [1.165, 1.54) is 19.1 Å². The van der Waals surface area contributed by atoms with Crippen molar-refractivity contribution in [2.24, 2.45) is 0 Å². The predicted octanol–water partition coefficient (Wildman–Crippen LogP) is 4.22. The summed E-state index contributed by atoms with van der Waals surface area (Å²) in [6.07, 6.45) is 0.350. The standard InChI is InChI=1S/C21H30FNO5/c1-6-8-14-16(23-19(26)28-20(3,4)5)21(22,18(25)27-7-2)17(24)15-12-10-9-11-13-15/h9-13,16H,6-8,14H2,1-5H3,(H,23,26)/t16-,21-/m0/s1. The van der Waals surface area contributed by atoms with Crippen molar-refractivity contribution >= 4 is 17.8 Å². The fourth-order valence-corrected chi connectivity index (χ4v) is 2.66. The van der Waals surface area contributed by atoms with Crippen molar-refractivity contribution in [3.63, 3.8) is 0 Å². The van der Waals surface area contributed by atoms with E-state index in [1.807, 2.05) is 6.92 Å². The summed E-state index contributed by atoms with van der Waals surface area (Å²) in [5.41, 5.74) is -3.86. The van der Waals surface area contributed by atoms with Crippen LogP contribution in [-0.2, 0) is 14.3 Å². The van der Waals surface area contributed by atoms with Crippen LogP contribution in [0.2, 0.25) is 0 Å². The van der Waals surface area contributed by atoms with Crippen molar-refractivity contribution in [2.45, 2.75) is 71.2 Å². The van der Waals surface area contributed by atoms with Gasteiger partial charge in [0.25, 0.3) is 5.67 Å². The minimum atomic E-state index is -3.07. The molecule has 1 amide bonds. The van der Waals surface area contributed by atoms with Crippen LogP contribution in [0, 0.1) is 0 Å². The maximum Gasteiger partial charge on any atom is 0.408 e. The van der Waals surface area contributed by atoms with Crippen molar-refractivity contribution in [3.8, 4) is 0 Å². The normalized spacial score (nSPS) is 14.5. The Morgan fingerprint density at radius 1 is 1.11 bits per heavy atom. The summed E-state index contributed by atoms with van der Waals surface area (Å²) < 4.78 is 26.2. The molecule has 0 radical (unpaired) electrons. The summed E-state index contributed by atoms with van der Waals surface area (Å²) in [6.45, 7) is 8.30. The van der Waals surface area contributed by atoms with Gasteiger partial charge in [0.2, 0.25) is 5.78 Å². The highest BCUT2D eigenvalue weighted by Crippen LogP contribution is 2.28. The average Bonchev–Trinajstić information content (AvgIpc) is 2.63. The maximum atomic E-state index is 16.1. The Balaban J connectivity index is 3.31. The third kappa shape index (κ3) is 6.32. The molecule has 0 saturated heterocycles. The van der Waals surface area contributed by atoms with Gasteiger partial charge in [-0.05, 0) is 34.1 Å². The summed E-state index contributed by atoms with van der Waals surface area (Å²) in [6, 6.07) is 6.23. The van der Waals surface area contributed by atoms with Gasteiger partial charge < -0.3 is 14.8 Å². The maximum absolute atomic E-state index is 16.1. The molecule has 7 heteroatoms. The Labute approximate surface area is 165 Å². The number of amides is 1. The van der Waals surface area contributed by atoms with Crippen LogP contribution < -0.4 is 5.32 Å². The number of rotatable bonds is 9. The number of ether oxygens (including phenoxy) is 2. The Morgan fingerprint density at radius 2 is 1.71 bits per heavy atom. The highest BCUT2D eigenvalue weighted by molar-refractivity contribution is 6.16. The highest BCUT2D eigenvalue weighted by Gasteiger charge is 2.55.